The average molecular weight is 428 g/mol. The van der Waals surface area contributed by atoms with Gasteiger partial charge in [0.05, 0.1) is 18.0 Å². The molecule has 2 N–H and O–H groups in total. The Bertz CT molecular complexity index is 1140. The first-order valence-corrected chi connectivity index (χ1v) is 10.4. The minimum atomic E-state index is -1.08. The molecule has 1 heterocycles. The maximum Gasteiger partial charge on any atom is 0.321 e. The molecule has 0 spiro atoms. The van der Waals surface area contributed by atoms with Crippen LogP contribution in [0.3, 0.4) is 0 Å². The number of rotatable bonds is 5. The highest BCUT2D eigenvalue weighted by Gasteiger charge is 2.30. The third-order valence-electron chi connectivity index (χ3n) is 5.08. The predicted octanol–water partition coefficient (Wildman–Crippen LogP) is 4.05. The minimum Gasteiger partial charge on any atom is -0.494 e. The molecular formula is C25H24N4O3. The summed E-state index contributed by atoms with van der Waals surface area (Å²) in [5.74, 6) is 0.388. The Morgan fingerprint density at radius 3 is 2.41 bits per heavy atom. The van der Waals surface area contributed by atoms with Crippen LogP contribution in [-0.4, -0.2) is 37.5 Å². The molecule has 32 heavy (non-hydrogen) atoms. The van der Waals surface area contributed by atoms with E-state index in [9.17, 15) is 9.59 Å². The highest BCUT2D eigenvalue weighted by Crippen LogP contribution is 2.27. The summed E-state index contributed by atoms with van der Waals surface area (Å²) in [4.78, 5) is 32.0. The summed E-state index contributed by atoms with van der Waals surface area (Å²) in [6.45, 7) is 2.47. The molecule has 3 aromatic rings. The number of nitrogens with zero attached hydrogens (tertiary/aromatic N) is 2. The van der Waals surface area contributed by atoms with Crippen LogP contribution in [0.4, 0.5) is 16.2 Å². The molecule has 7 nitrogen and oxygen atoms in total. The van der Waals surface area contributed by atoms with Crippen LogP contribution in [0.25, 0.3) is 0 Å². The molecule has 0 unspecified atom stereocenters. The number of benzene rings is 3. The Balaban J connectivity index is 1.61. The van der Waals surface area contributed by atoms with Gasteiger partial charge < -0.3 is 20.3 Å². The normalized spacial score (nSPS) is 15.3. The molecule has 0 saturated heterocycles. The summed E-state index contributed by atoms with van der Waals surface area (Å²) in [7, 11) is 1.68. The zero-order valence-corrected chi connectivity index (χ0v) is 17.9. The Hall–Kier alpha value is -4.13. The van der Waals surface area contributed by atoms with Crippen molar-refractivity contribution in [2.75, 3.05) is 23.9 Å². The number of fused-ring (bicyclic) bond motifs is 1. The molecule has 3 amide bonds. The second kappa shape index (κ2) is 9.34. The van der Waals surface area contributed by atoms with E-state index >= 15 is 0 Å². The SMILES string of the molecule is CCOc1ccc(NC(=O)N[C@@H]2N=C(c3ccccc3)c3ccccc3N(C)C2=O)cc1. The van der Waals surface area contributed by atoms with Crippen LogP contribution in [0.1, 0.15) is 18.1 Å². The average Bonchev–Trinajstić information content (AvgIpc) is 2.92. The molecule has 1 aliphatic heterocycles. The standard InChI is InChI=1S/C25H24N4O3/c1-3-32-19-15-13-18(14-16-19)26-25(31)28-23-24(30)29(2)21-12-8-7-11-20(21)22(27-23)17-9-5-4-6-10-17/h4-16,23H,3H2,1-2H3,(H2,26,28,31)/t23-/m0/s1. The summed E-state index contributed by atoms with van der Waals surface area (Å²) < 4.78 is 5.42. The van der Waals surface area contributed by atoms with E-state index in [2.05, 4.69) is 15.6 Å². The summed E-state index contributed by atoms with van der Waals surface area (Å²) in [6, 6.07) is 23.7. The van der Waals surface area contributed by atoms with Gasteiger partial charge in [-0.25, -0.2) is 9.79 Å². The van der Waals surface area contributed by atoms with Gasteiger partial charge >= 0.3 is 6.03 Å². The molecule has 4 rings (SSSR count). The van der Waals surface area contributed by atoms with Gasteiger partial charge in [0, 0.05) is 23.9 Å². The molecule has 1 aliphatic rings. The molecule has 0 aromatic heterocycles. The topological polar surface area (TPSA) is 83.0 Å². The van der Waals surface area contributed by atoms with E-state index in [0.29, 0.717) is 23.8 Å². The molecule has 162 valence electrons. The van der Waals surface area contributed by atoms with Crippen LogP contribution in [0, 0.1) is 0 Å². The number of carbonyl (C=O) groups is 2. The van der Waals surface area contributed by atoms with Crippen molar-refractivity contribution in [1.29, 1.82) is 0 Å². The highest BCUT2D eigenvalue weighted by atomic mass is 16.5. The second-order valence-corrected chi connectivity index (χ2v) is 7.22. The maximum absolute atomic E-state index is 13.1. The van der Waals surface area contributed by atoms with Gasteiger partial charge in [0.2, 0.25) is 6.17 Å². The highest BCUT2D eigenvalue weighted by molar-refractivity contribution is 6.20. The zero-order chi connectivity index (χ0) is 22.5. The molecule has 0 aliphatic carbocycles. The Morgan fingerprint density at radius 1 is 1.00 bits per heavy atom. The number of likely N-dealkylation sites (N-methyl/N-ethyl adjacent to an activating group) is 1. The second-order valence-electron chi connectivity index (χ2n) is 7.22. The maximum atomic E-state index is 13.1. The number of amides is 3. The lowest BCUT2D eigenvalue weighted by atomic mass is 10.0. The van der Waals surface area contributed by atoms with Gasteiger partial charge in [0.25, 0.3) is 5.91 Å². The lowest BCUT2D eigenvalue weighted by molar-refractivity contribution is -0.119. The van der Waals surface area contributed by atoms with Gasteiger partial charge in [-0.1, -0.05) is 48.5 Å². The van der Waals surface area contributed by atoms with Gasteiger partial charge in [-0.15, -0.1) is 0 Å². The van der Waals surface area contributed by atoms with E-state index in [4.69, 9.17) is 4.74 Å². The number of para-hydroxylation sites is 1. The molecule has 1 atom stereocenters. The third-order valence-corrected chi connectivity index (χ3v) is 5.08. The first-order valence-electron chi connectivity index (χ1n) is 10.4. The fraction of sp³-hybridized carbons (Fsp3) is 0.160. The van der Waals surface area contributed by atoms with E-state index in [0.717, 1.165) is 16.8 Å². The number of nitrogens with one attached hydrogen (secondary N) is 2. The van der Waals surface area contributed by atoms with Crippen molar-refractivity contribution in [2.24, 2.45) is 4.99 Å². The van der Waals surface area contributed by atoms with Crippen LogP contribution in [0.15, 0.2) is 83.9 Å². The third kappa shape index (κ3) is 4.46. The number of aliphatic imine (C=N–C) groups is 1. The molecule has 7 heteroatoms. The number of hydrogen-bond donors (Lipinski definition) is 2. The summed E-state index contributed by atoms with van der Waals surface area (Å²) in [6.07, 6.45) is -1.08. The monoisotopic (exact) mass is 428 g/mol. The Morgan fingerprint density at radius 2 is 1.69 bits per heavy atom. The van der Waals surface area contributed by atoms with Gasteiger partial charge in [-0.2, -0.15) is 0 Å². The number of benzodiazepines with no additional fused rings is 1. The van der Waals surface area contributed by atoms with Gasteiger partial charge in [-0.05, 0) is 37.3 Å². The fourth-order valence-electron chi connectivity index (χ4n) is 3.53. The molecule has 0 bridgehead atoms. The molecule has 0 fully saturated rings. The molecule has 0 saturated carbocycles. The first-order chi connectivity index (χ1) is 15.6. The van der Waals surface area contributed by atoms with Crippen molar-refractivity contribution in [3.05, 3.63) is 90.0 Å². The fourth-order valence-corrected chi connectivity index (χ4v) is 3.53. The van der Waals surface area contributed by atoms with Crippen molar-refractivity contribution in [1.82, 2.24) is 5.32 Å². The largest absolute Gasteiger partial charge is 0.494 e. The van der Waals surface area contributed by atoms with Crippen LogP contribution >= 0.6 is 0 Å². The van der Waals surface area contributed by atoms with E-state index in [-0.39, 0.29) is 5.91 Å². The van der Waals surface area contributed by atoms with Crippen molar-refractivity contribution >= 4 is 29.0 Å². The van der Waals surface area contributed by atoms with Crippen LogP contribution in [0.2, 0.25) is 0 Å². The van der Waals surface area contributed by atoms with E-state index < -0.39 is 12.2 Å². The summed E-state index contributed by atoms with van der Waals surface area (Å²) in [5, 5.41) is 5.45. The molecular weight excluding hydrogens is 404 g/mol. The van der Waals surface area contributed by atoms with Crippen LogP contribution in [0.5, 0.6) is 5.75 Å². The van der Waals surface area contributed by atoms with Crippen LogP contribution in [-0.2, 0) is 4.79 Å². The molecule has 0 radical (unpaired) electrons. The summed E-state index contributed by atoms with van der Waals surface area (Å²) in [5.41, 5.74) is 3.64. The Labute approximate surface area is 186 Å². The number of urea groups is 1. The Kier molecular flexibility index (Phi) is 6.17. The summed E-state index contributed by atoms with van der Waals surface area (Å²) >= 11 is 0. The number of ether oxygens (including phenoxy) is 1. The van der Waals surface area contributed by atoms with Gasteiger partial charge in [-0.3, -0.25) is 4.79 Å². The van der Waals surface area contributed by atoms with Gasteiger partial charge in [0.15, 0.2) is 0 Å². The zero-order valence-electron chi connectivity index (χ0n) is 17.9. The van der Waals surface area contributed by atoms with Gasteiger partial charge in [0.1, 0.15) is 5.75 Å². The number of anilines is 2. The number of carbonyl (C=O) groups excluding carboxylic acids is 2. The van der Waals surface area contributed by atoms with Crippen molar-refractivity contribution in [3.8, 4) is 5.75 Å². The number of hydrogen-bond acceptors (Lipinski definition) is 4. The predicted molar refractivity (Wildman–Crippen MR) is 125 cm³/mol. The van der Waals surface area contributed by atoms with E-state index in [1.807, 2.05) is 61.5 Å². The van der Waals surface area contributed by atoms with Crippen molar-refractivity contribution in [3.63, 3.8) is 0 Å². The smallest absolute Gasteiger partial charge is 0.321 e. The quantitative estimate of drug-likeness (QED) is 0.643. The van der Waals surface area contributed by atoms with E-state index in [1.165, 1.54) is 4.90 Å². The van der Waals surface area contributed by atoms with Crippen molar-refractivity contribution < 1.29 is 14.3 Å². The van der Waals surface area contributed by atoms with E-state index in [1.54, 1.807) is 31.3 Å². The van der Waals surface area contributed by atoms with Crippen molar-refractivity contribution in [2.45, 2.75) is 13.1 Å². The molecule has 3 aromatic carbocycles. The lowest BCUT2D eigenvalue weighted by Crippen LogP contribution is -2.47. The minimum absolute atomic E-state index is 0.328. The van der Waals surface area contributed by atoms with Crippen LogP contribution < -0.4 is 20.3 Å². The first kappa shape index (κ1) is 21.1. The lowest BCUT2D eigenvalue weighted by Gasteiger charge is -2.21.